The average Bonchev–Trinajstić information content (AvgIpc) is 2.53. The molecule has 0 saturated heterocycles. The molecule has 1 aromatic carbocycles. The van der Waals surface area contributed by atoms with Crippen molar-refractivity contribution in [1.29, 1.82) is 0 Å². The van der Waals surface area contributed by atoms with E-state index in [1.807, 2.05) is 13.0 Å². The monoisotopic (exact) mass is 433 g/mol. The highest BCUT2D eigenvalue weighted by Gasteiger charge is 2.05. The molecular formula is C17H28IN3O2. The Morgan fingerprint density at radius 3 is 2.74 bits per heavy atom. The van der Waals surface area contributed by atoms with Crippen LogP contribution < -0.4 is 15.4 Å². The molecule has 0 aliphatic rings. The van der Waals surface area contributed by atoms with Gasteiger partial charge in [-0.3, -0.25) is 4.99 Å². The summed E-state index contributed by atoms with van der Waals surface area (Å²) in [6.45, 7) is 10.9. The predicted octanol–water partition coefficient (Wildman–Crippen LogP) is 2.88. The molecule has 1 aromatic rings. The van der Waals surface area contributed by atoms with Crippen LogP contribution in [-0.2, 0) is 11.3 Å². The van der Waals surface area contributed by atoms with Crippen molar-refractivity contribution in [3.63, 3.8) is 0 Å². The first-order valence-electron chi connectivity index (χ1n) is 7.56. The van der Waals surface area contributed by atoms with Gasteiger partial charge < -0.3 is 20.1 Å². The van der Waals surface area contributed by atoms with Gasteiger partial charge in [-0.2, -0.15) is 0 Å². The van der Waals surface area contributed by atoms with E-state index in [9.17, 15) is 0 Å². The number of nitrogens with zero attached hydrogens (tertiary/aromatic N) is 1. The minimum Gasteiger partial charge on any atom is -0.491 e. The summed E-state index contributed by atoms with van der Waals surface area (Å²) in [7, 11) is 1.74. The maximum Gasteiger partial charge on any atom is 0.191 e. The SMILES string of the molecule is C=CCNC(=NC)NCc1ccc(C)cc1OCCOCC.I. The number of hydrogen-bond acceptors (Lipinski definition) is 3. The Morgan fingerprint density at radius 1 is 1.30 bits per heavy atom. The maximum atomic E-state index is 5.83. The zero-order chi connectivity index (χ0) is 16.2. The molecule has 130 valence electrons. The Labute approximate surface area is 156 Å². The fraction of sp³-hybridized carbons (Fsp3) is 0.471. The standard InChI is InChI=1S/C17H27N3O2.HI/c1-5-9-19-17(18-4)20-13-15-8-7-14(3)12-16(15)22-11-10-21-6-2;/h5,7-8,12H,1,6,9-11,13H2,2-4H3,(H2,18,19,20);1H. The number of nitrogens with one attached hydrogen (secondary N) is 2. The molecule has 0 fully saturated rings. The lowest BCUT2D eigenvalue weighted by Crippen LogP contribution is -2.36. The first kappa shape index (κ1) is 21.7. The van der Waals surface area contributed by atoms with E-state index in [0.717, 1.165) is 17.3 Å². The average molecular weight is 433 g/mol. The van der Waals surface area contributed by atoms with Crippen LogP contribution >= 0.6 is 24.0 Å². The first-order chi connectivity index (χ1) is 10.7. The van der Waals surface area contributed by atoms with Crippen LogP contribution in [0.3, 0.4) is 0 Å². The van der Waals surface area contributed by atoms with E-state index >= 15 is 0 Å². The topological polar surface area (TPSA) is 54.9 Å². The van der Waals surface area contributed by atoms with Crippen LogP contribution in [0.4, 0.5) is 0 Å². The third-order valence-electron chi connectivity index (χ3n) is 3.00. The largest absolute Gasteiger partial charge is 0.491 e. The molecule has 0 unspecified atom stereocenters. The van der Waals surface area contributed by atoms with E-state index in [4.69, 9.17) is 9.47 Å². The summed E-state index contributed by atoms with van der Waals surface area (Å²) in [5, 5.41) is 6.40. The van der Waals surface area contributed by atoms with Crippen LogP contribution in [-0.4, -0.2) is 39.4 Å². The normalized spacial score (nSPS) is 10.7. The summed E-state index contributed by atoms with van der Waals surface area (Å²) >= 11 is 0. The van der Waals surface area contributed by atoms with Gasteiger partial charge in [0.15, 0.2) is 5.96 Å². The van der Waals surface area contributed by atoms with Crippen LogP contribution in [0.1, 0.15) is 18.1 Å². The number of halogens is 1. The number of hydrogen-bond donors (Lipinski definition) is 2. The van der Waals surface area contributed by atoms with Crippen molar-refractivity contribution in [2.24, 2.45) is 4.99 Å². The highest BCUT2D eigenvalue weighted by Crippen LogP contribution is 2.20. The molecule has 0 atom stereocenters. The zero-order valence-electron chi connectivity index (χ0n) is 14.2. The number of guanidine groups is 1. The molecule has 2 N–H and O–H groups in total. The molecule has 0 aliphatic heterocycles. The van der Waals surface area contributed by atoms with Crippen molar-refractivity contribution in [2.45, 2.75) is 20.4 Å². The quantitative estimate of drug-likeness (QED) is 0.207. The van der Waals surface area contributed by atoms with Gasteiger partial charge in [-0.05, 0) is 25.5 Å². The van der Waals surface area contributed by atoms with E-state index in [1.54, 1.807) is 13.1 Å². The van der Waals surface area contributed by atoms with Crippen LogP contribution in [0.25, 0.3) is 0 Å². The second-order valence-electron chi connectivity index (χ2n) is 4.75. The van der Waals surface area contributed by atoms with E-state index in [2.05, 4.69) is 41.3 Å². The van der Waals surface area contributed by atoms with E-state index < -0.39 is 0 Å². The molecule has 0 radical (unpaired) electrons. The van der Waals surface area contributed by atoms with Gasteiger partial charge in [0, 0.05) is 32.3 Å². The van der Waals surface area contributed by atoms with Gasteiger partial charge in [-0.25, -0.2) is 0 Å². The molecule has 0 aliphatic carbocycles. The molecule has 0 heterocycles. The molecule has 0 saturated carbocycles. The lowest BCUT2D eigenvalue weighted by molar-refractivity contribution is 0.110. The third kappa shape index (κ3) is 8.80. The first-order valence-corrected chi connectivity index (χ1v) is 7.56. The van der Waals surface area contributed by atoms with E-state index in [-0.39, 0.29) is 24.0 Å². The Kier molecular flexibility index (Phi) is 12.5. The van der Waals surface area contributed by atoms with E-state index in [1.165, 1.54) is 5.56 Å². The van der Waals surface area contributed by atoms with Gasteiger partial charge in [0.1, 0.15) is 12.4 Å². The summed E-state index contributed by atoms with van der Waals surface area (Å²) in [6.07, 6.45) is 1.79. The fourth-order valence-corrected chi connectivity index (χ4v) is 1.87. The highest BCUT2D eigenvalue weighted by atomic mass is 127. The Hall–Kier alpha value is -1.28. The molecule has 0 amide bonds. The summed E-state index contributed by atoms with van der Waals surface area (Å²) in [5.41, 5.74) is 2.26. The van der Waals surface area contributed by atoms with Crippen molar-refractivity contribution in [2.75, 3.05) is 33.4 Å². The highest BCUT2D eigenvalue weighted by molar-refractivity contribution is 14.0. The Bertz CT molecular complexity index is 493. The minimum atomic E-state index is 0. The molecule has 0 bridgehead atoms. The zero-order valence-corrected chi connectivity index (χ0v) is 16.6. The van der Waals surface area contributed by atoms with Crippen molar-refractivity contribution >= 4 is 29.9 Å². The van der Waals surface area contributed by atoms with Crippen molar-refractivity contribution in [3.8, 4) is 5.75 Å². The van der Waals surface area contributed by atoms with Gasteiger partial charge >= 0.3 is 0 Å². The number of aliphatic imine (C=N–C) groups is 1. The van der Waals surface area contributed by atoms with Crippen LogP contribution in [0, 0.1) is 6.92 Å². The lowest BCUT2D eigenvalue weighted by Gasteiger charge is -2.15. The van der Waals surface area contributed by atoms with Gasteiger partial charge in [0.2, 0.25) is 0 Å². The van der Waals surface area contributed by atoms with Crippen LogP contribution in [0.2, 0.25) is 0 Å². The van der Waals surface area contributed by atoms with Crippen molar-refractivity contribution in [3.05, 3.63) is 42.0 Å². The molecule has 0 aromatic heterocycles. The molecule has 1 rings (SSSR count). The molecule has 5 nitrogen and oxygen atoms in total. The third-order valence-corrected chi connectivity index (χ3v) is 3.00. The maximum absolute atomic E-state index is 5.83. The summed E-state index contributed by atoms with van der Waals surface area (Å²) in [5.74, 6) is 1.62. The summed E-state index contributed by atoms with van der Waals surface area (Å²) < 4.78 is 11.1. The minimum absolute atomic E-state index is 0. The van der Waals surface area contributed by atoms with Gasteiger partial charge in [-0.1, -0.05) is 18.2 Å². The smallest absolute Gasteiger partial charge is 0.191 e. The van der Waals surface area contributed by atoms with Gasteiger partial charge in [0.05, 0.1) is 6.61 Å². The van der Waals surface area contributed by atoms with Crippen molar-refractivity contribution in [1.82, 2.24) is 10.6 Å². The second kappa shape index (κ2) is 13.2. The Morgan fingerprint density at radius 2 is 2.09 bits per heavy atom. The van der Waals surface area contributed by atoms with Crippen LogP contribution in [0.5, 0.6) is 5.75 Å². The molecular weight excluding hydrogens is 405 g/mol. The number of benzene rings is 1. The summed E-state index contributed by atoms with van der Waals surface area (Å²) in [4.78, 5) is 4.16. The molecule has 6 heteroatoms. The number of aryl methyl sites for hydroxylation is 1. The van der Waals surface area contributed by atoms with Gasteiger partial charge in [0.25, 0.3) is 0 Å². The lowest BCUT2D eigenvalue weighted by atomic mass is 10.1. The van der Waals surface area contributed by atoms with Gasteiger partial charge in [-0.15, -0.1) is 30.6 Å². The molecule has 23 heavy (non-hydrogen) atoms. The van der Waals surface area contributed by atoms with Crippen molar-refractivity contribution < 1.29 is 9.47 Å². The van der Waals surface area contributed by atoms with E-state index in [0.29, 0.717) is 32.9 Å². The molecule has 0 spiro atoms. The second-order valence-corrected chi connectivity index (χ2v) is 4.75. The summed E-state index contributed by atoms with van der Waals surface area (Å²) in [6, 6.07) is 6.19. The Balaban J connectivity index is 0.00000484. The predicted molar refractivity (Wildman–Crippen MR) is 107 cm³/mol. The fourth-order valence-electron chi connectivity index (χ4n) is 1.87. The number of ether oxygens (including phenoxy) is 2. The van der Waals surface area contributed by atoms with Crippen LogP contribution in [0.15, 0.2) is 35.8 Å². The number of rotatable bonds is 9.